The van der Waals surface area contributed by atoms with E-state index in [1.54, 1.807) is 0 Å². The van der Waals surface area contributed by atoms with Crippen molar-refractivity contribution in [3.63, 3.8) is 0 Å². The molecule has 1 saturated carbocycles. The molecule has 18 heavy (non-hydrogen) atoms. The lowest BCUT2D eigenvalue weighted by Gasteiger charge is -2.17. The fraction of sp³-hybridized carbons (Fsp3) is 0.438. The van der Waals surface area contributed by atoms with E-state index < -0.39 is 0 Å². The second-order valence-electron chi connectivity index (χ2n) is 5.20. The van der Waals surface area contributed by atoms with Gasteiger partial charge in [0.15, 0.2) is 0 Å². The van der Waals surface area contributed by atoms with Crippen LogP contribution in [0.2, 0.25) is 0 Å². The Morgan fingerprint density at radius 2 is 2.06 bits per heavy atom. The molecule has 2 heteroatoms. The van der Waals surface area contributed by atoms with Crippen molar-refractivity contribution in [1.29, 1.82) is 0 Å². The molecule has 1 aromatic carbocycles. The van der Waals surface area contributed by atoms with E-state index in [9.17, 15) is 0 Å². The molecule has 2 aromatic rings. The van der Waals surface area contributed by atoms with E-state index in [-0.39, 0.29) is 0 Å². The van der Waals surface area contributed by atoms with Crippen molar-refractivity contribution in [2.24, 2.45) is 5.92 Å². The quantitative estimate of drug-likeness (QED) is 0.862. The summed E-state index contributed by atoms with van der Waals surface area (Å²) in [5.74, 6) is 0.796. The highest BCUT2D eigenvalue weighted by molar-refractivity contribution is 5.78. The second-order valence-corrected chi connectivity index (χ2v) is 5.20. The van der Waals surface area contributed by atoms with E-state index in [2.05, 4.69) is 48.6 Å². The van der Waals surface area contributed by atoms with Crippen LogP contribution in [0.1, 0.15) is 37.9 Å². The number of fused-ring (bicyclic) bond motifs is 1. The van der Waals surface area contributed by atoms with Crippen LogP contribution in [0.15, 0.2) is 36.4 Å². The van der Waals surface area contributed by atoms with Crippen molar-refractivity contribution in [1.82, 2.24) is 10.3 Å². The first-order chi connectivity index (χ1) is 8.88. The Bertz CT molecular complexity index is 531. The molecule has 0 aliphatic heterocycles. The van der Waals surface area contributed by atoms with E-state index in [1.165, 1.54) is 30.3 Å². The van der Waals surface area contributed by atoms with E-state index in [4.69, 9.17) is 4.98 Å². The first-order valence-electron chi connectivity index (χ1n) is 6.97. The summed E-state index contributed by atoms with van der Waals surface area (Å²) in [5.41, 5.74) is 2.32. The van der Waals surface area contributed by atoms with Crippen LogP contribution in [0.4, 0.5) is 0 Å². The van der Waals surface area contributed by atoms with Crippen LogP contribution in [-0.2, 0) is 0 Å². The molecule has 94 valence electrons. The minimum absolute atomic E-state index is 0.453. The van der Waals surface area contributed by atoms with Gasteiger partial charge in [0.2, 0.25) is 0 Å². The Hall–Kier alpha value is -1.41. The van der Waals surface area contributed by atoms with Gasteiger partial charge in [-0.1, -0.05) is 31.2 Å². The lowest BCUT2D eigenvalue weighted by atomic mass is 10.1. The molecule has 1 aliphatic carbocycles. The molecular weight excluding hydrogens is 220 g/mol. The standard InChI is InChI=1S/C16H20N2/c1-2-11-17-16(13-7-8-13)15-10-9-12-5-3-4-6-14(12)18-15/h3-6,9-10,13,16-17H,2,7-8,11H2,1H3. The Balaban J connectivity index is 1.90. The van der Waals surface area contributed by atoms with Crippen LogP contribution in [0.25, 0.3) is 10.9 Å². The van der Waals surface area contributed by atoms with Crippen molar-refractivity contribution >= 4 is 10.9 Å². The van der Waals surface area contributed by atoms with Gasteiger partial charge in [0.1, 0.15) is 0 Å². The maximum absolute atomic E-state index is 4.83. The highest BCUT2D eigenvalue weighted by atomic mass is 15.0. The third-order valence-corrected chi connectivity index (χ3v) is 3.65. The summed E-state index contributed by atoms with van der Waals surface area (Å²) in [4.78, 5) is 4.83. The van der Waals surface area contributed by atoms with Crippen LogP contribution in [0.5, 0.6) is 0 Å². The van der Waals surface area contributed by atoms with Gasteiger partial charge in [-0.25, -0.2) is 0 Å². The average Bonchev–Trinajstić information content (AvgIpc) is 3.24. The van der Waals surface area contributed by atoms with Crippen molar-refractivity contribution in [2.75, 3.05) is 6.54 Å². The minimum atomic E-state index is 0.453. The number of hydrogen-bond acceptors (Lipinski definition) is 2. The van der Waals surface area contributed by atoms with Gasteiger partial charge >= 0.3 is 0 Å². The lowest BCUT2D eigenvalue weighted by molar-refractivity contribution is 0.472. The zero-order valence-electron chi connectivity index (χ0n) is 10.9. The highest BCUT2D eigenvalue weighted by Gasteiger charge is 2.32. The van der Waals surface area contributed by atoms with Gasteiger partial charge in [-0.2, -0.15) is 0 Å². The van der Waals surface area contributed by atoms with Crippen molar-refractivity contribution in [2.45, 2.75) is 32.2 Å². The number of nitrogens with one attached hydrogen (secondary N) is 1. The van der Waals surface area contributed by atoms with Gasteiger partial charge < -0.3 is 5.32 Å². The zero-order chi connectivity index (χ0) is 12.4. The third kappa shape index (κ3) is 2.39. The summed E-state index contributed by atoms with van der Waals surface area (Å²) in [6.07, 6.45) is 3.86. The predicted octanol–water partition coefficient (Wildman–Crippen LogP) is 3.69. The molecule has 1 atom stereocenters. The smallest absolute Gasteiger partial charge is 0.0706 e. The molecule has 1 aromatic heterocycles. The minimum Gasteiger partial charge on any atom is -0.308 e. The molecule has 0 saturated heterocycles. The van der Waals surface area contributed by atoms with E-state index >= 15 is 0 Å². The number of hydrogen-bond donors (Lipinski definition) is 1. The molecule has 0 spiro atoms. The molecule has 3 rings (SSSR count). The van der Waals surface area contributed by atoms with Gasteiger partial charge in [-0.15, -0.1) is 0 Å². The van der Waals surface area contributed by atoms with Gasteiger partial charge in [0.05, 0.1) is 17.3 Å². The molecule has 0 radical (unpaired) electrons. The van der Waals surface area contributed by atoms with Crippen LogP contribution in [0, 0.1) is 5.92 Å². The Morgan fingerprint density at radius 1 is 1.22 bits per heavy atom. The maximum Gasteiger partial charge on any atom is 0.0706 e. The van der Waals surface area contributed by atoms with Crippen LogP contribution in [0.3, 0.4) is 0 Å². The van der Waals surface area contributed by atoms with Crippen molar-refractivity contribution in [3.05, 3.63) is 42.1 Å². The fourth-order valence-corrected chi connectivity index (χ4v) is 2.50. The molecule has 0 amide bonds. The topological polar surface area (TPSA) is 24.9 Å². The Labute approximate surface area is 108 Å². The van der Waals surface area contributed by atoms with Crippen LogP contribution >= 0.6 is 0 Å². The number of benzene rings is 1. The zero-order valence-corrected chi connectivity index (χ0v) is 10.9. The average molecular weight is 240 g/mol. The SMILES string of the molecule is CCCNC(c1ccc2ccccc2n1)C1CC1. The lowest BCUT2D eigenvalue weighted by Crippen LogP contribution is -2.24. The third-order valence-electron chi connectivity index (χ3n) is 3.65. The Kier molecular flexibility index (Phi) is 3.28. The molecule has 1 aliphatic rings. The predicted molar refractivity (Wildman–Crippen MR) is 75.5 cm³/mol. The maximum atomic E-state index is 4.83. The van der Waals surface area contributed by atoms with Crippen LogP contribution < -0.4 is 5.32 Å². The molecular formula is C16H20N2. The molecule has 2 nitrogen and oxygen atoms in total. The van der Waals surface area contributed by atoms with Crippen molar-refractivity contribution < 1.29 is 0 Å². The first kappa shape index (κ1) is 11.7. The number of pyridine rings is 1. The summed E-state index contributed by atoms with van der Waals surface area (Å²) in [5, 5.41) is 4.88. The normalized spacial score (nSPS) is 16.9. The number of para-hydroxylation sites is 1. The van der Waals surface area contributed by atoms with Gasteiger partial charge in [-0.3, -0.25) is 4.98 Å². The summed E-state index contributed by atoms with van der Waals surface area (Å²) < 4.78 is 0. The summed E-state index contributed by atoms with van der Waals surface area (Å²) >= 11 is 0. The Morgan fingerprint density at radius 3 is 2.83 bits per heavy atom. The van der Waals surface area contributed by atoms with Gasteiger partial charge in [0, 0.05) is 5.39 Å². The number of nitrogens with zero attached hydrogens (tertiary/aromatic N) is 1. The summed E-state index contributed by atoms with van der Waals surface area (Å²) in [7, 11) is 0. The summed E-state index contributed by atoms with van der Waals surface area (Å²) in [6.45, 7) is 3.29. The largest absolute Gasteiger partial charge is 0.308 e. The second kappa shape index (κ2) is 5.07. The molecule has 1 N–H and O–H groups in total. The van der Waals surface area contributed by atoms with Gasteiger partial charge in [-0.05, 0) is 43.9 Å². The van der Waals surface area contributed by atoms with Crippen LogP contribution in [-0.4, -0.2) is 11.5 Å². The number of aromatic nitrogens is 1. The molecule has 1 fully saturated rings. The first-order valence-corrected chi connectivity index (χ1v) is 6.97. The van der Waals surface area contributed by atoms with Gasteiger partial charge in [0.25, 0.3) is 0 Å². The highest BCUT2D eigenvalue weighted by Crippen LogP contribution is 2.40. The summed E-state index contributed by atoms with van der Waals surface area (Å²) in [6, 6.07) is 13.2. The van der Waals surface area contributed by atoms with Crippen molar-refractivity contribution in [3.8, 4) is 0 Å². The van der Waals surface area contributed by atoms with E-state index in [1.807, 2.05) is 0 Å². The van der Waals surface area contributed by atoms with E-state index in [0.717, 1.165) is 18.0 Å². The molecule has 1 unspecified atom stereocenters. The molecule has 0 bridgehead atoms. The van der Waals surface area contributed by atoms with E-state index in [0.29, 0.717) is 6.04 Å². The fourth-order valence-electron chi connectivity index (χ4n) is 2.50. The monoisotopic (exact) mass is 240 g/mol. The number of rotatable bonds is 5. The molecule has 1 heterocycles.